The lowest BCUT2D eigenvalue weighted by Crippen LogP contribution is -1.93. The monoisotopic (exact) mass is 158 g/mol. The van der Waals surface area contributed by atoms with Crippen LogP contribution < -0.4 is 0 Å². The first-order valence-corrected chi connectivity index (χ1v) is 14.3. The van der Waals surface area contributed by atoms with E-state index in [0.29, 0.717) is 17.1 Å². The van der Waals surface area contributed by atoms with Crippen molar-refractivity contribution in [2.45, 2.75) is 0 Å². The maximum absolute atomic E-state index is 5.67. The molecular weight excluding hydrogens is 155 g/mol. The van der Waals surface area contributed by atoms with Gasteiger partial charge in [0, 0.05) is 17.1 Å². The van der Waals surface area contributed by atoms with Gasteiger partial charge in [-0.2, -0.15) is 22.2 Å². The zero-order valence-corrected chi connectivity index (χ0v) is 8.01. The molecule has 0 N–H and O–H groups in total. The molecule has 1 fully saturated rings. The highest BCUT2D eigenvalue weighted by Gasteiger charge is 2.43. The standard InChI is InChI=1S/Cl2H4Si3/c1-5(2)3-4-5/h3-4H2. The van der Waals surface area contributed by atoms with Crippen molar-refractivity contribution >= 4 is 45.0 Å². The van der Waals surface area contributed by atoms with Crippen molar-refractivity contribution in [3.05, 3.63) is 0 Å². The second kappa shape index (κ2) is 1.10. The van der Waals surface area contributed by atoms with Crippen molar-refractivity contribution in [3.8, 4) is 0 Å². The molecule has 0 radical (unpaired) electrons. The number of hydrogen-bond donors (Lipinski definition) is 0. The largest absolute Gasteiger partial charge is 0.207 e. The van der Waals surface area contributed by atoms with Gasteiger partial charge in [-0.25, -0.2) is 0 Å². The van der Waals surface area contributed by atoms with Crippen LogP contribution in [0.3, 0.4) is 0 Å². The van der Waals surface area contributed by atoms with Gasteiger partial charge < -0.3 is 0 Å². The molecule has 1 aliphatic rings. The highest BCUT2D eigenvalue weighted by atomic mass is 35.7. The van der Waals surface area contributed by atoms with Gasteiger partial charge in [-0.1, -0.05) is 0 Å². The minimum absolute atomic E-state index is 0.303. The van der Waals surface area contributed by atoms with Crippen molar-refractivity contribution in [3.63, 3.8) is 0 Å². The van der Waals surface area contributed by atoms with E-state index in [9.17, 15) is 0 Å². The average Bonchev–Trinajstić information content (AvgIpc) is 1.76. The van der Waals surface area contributed by atoms with Gasteiger partial charge >= 0.3 is 0 Å². The van der Waals surface area contributed by atoms with Crippen molar-refractivity contribution in [1.82, 2.24) is 0 Å². The molecule has 0 aromatic carbocycles. The van der Waals surface area contributed by atoms with Crippen LogP contribution >= 0.6 is 22.2 Å². The average molecular weight is 159 g/mol. The van der Waals surface area contributed by atoms with E-state index < -0.39 is 5.73 Å². The van der Waals surface area contributed by atoms with Gasteiger partial charge in [0.2, 0.25) is 5.73 Å². The first-order valence-electron chi connectivity index (χ1n) is 1.59. The van der Waals surface area contributed by atoms with E-state index in [2.05, 4.69) is 0 Å². The first kappa shape index (κ1) is 4.39. The molecule has 0 unspecified atom stereocenters. The maximum Gasteiger partial charge on any atom is 0.207 e. The summed E-state index contributed by atoms with van der Waals surface area (Å²) >= 11 is 11.3. The molecule has 30 valence electrons. The van der Waals surface area contributed by atoms with Crippen LogP contribution in [-0.2, 0) is 0 Å². The van der Waals surface area contributed by atoms with Gasteiger partial charge in [-0.3, -0.25) is 0 Å². The summed E-state index contributed by atoms with van der Waals surface area (Å²) in [4.78, 5) is 0. The maximum atomic E-state index is 5.67. The quantitative estimate of drug-likeness (QED) is 0.319. The lowest BCUT2D eigenvalue weighted by atomic mass is 26.9. The second-order valence-electron chi connectivity index (χ2n) is 1.36. The van der Waals surface area contributed by atoms with Crippen LogP contribution in [-0.4, -0.2) is 22.8 Å². The van der Waals surface area contributed by atoms with Crippen LogP contribution in [0.4, 0.5) is 0 Å². The van der Waals surface area contributed by atoms with Gasteiger partial charge in [-0.15, -0.1) is 0 Å². The Hall–Kier alpha value is 1.23. The fourth-order valence-corrected chi connectivity index (χ4v) is 23.0. The molecule has 0 bridgehead atoms. The zero-order chi connectivity index (χ0) is 3.91. The van der Waals surface area contributed by atoms with Crippen molar-refractivity contribution in [2.24, 2.45) is 0 Å². The van der Waals surface area contributed by atoms with Gasteiger partial charge in [0.15, 0.2) is 0 Å². The molecule has 1 heterocycles. The molecule has 1 rings (SSSR count). The molecule has 1 aliphatic heterocycles. The van der Waals surface area contributed by atoms with E-state index in [1.807, 2.05) is 0 Å². The van der Waals surface area contributed by atoms with Gasteiger partial charge in [0.25, 0.3) is 0 Å². The predicted octanol–water partition coefficient (Wildman–Crippen LogP) is -0.834. The molecule has 0 nitrogen and oxygen atoms in total. The van der Waals surface area contributed by atoms with Crippen molar-refractivity contribution < 1.29 is 0 Å². The molecule has 0 atom stereocenters. The van der Waals surface area contributed by atoms with Gasteiger partial charge in [0.05, 0.1) is 0 Å². The van der Waals surface area contributed by atoms with E-state index in [0.717, 1.165) is 0 Å². The molecule has 0 saturated carbocycles. The topological polar surface area (TPSA) is 0 Å². The summed E-state index contributed by atoms with van der Waals surface area (Å²) in [5, 5.41) is 0. The third-order valence-corrected chi connectivity index (χ3v) is 37.4. The van der Waals surface area contributed by atoms with E-state index in [1.54, 1.807) is 0 Å². The van der Waals surface area contributed by atoms with Crippen LogP contribution in [0.5, 0.6) is 0 Å². The Labute approximate surface area is 45.3 Å². The van der Waals surface area contributed by atoms with E-state index in [-0.39, 0.29) is 0 Å². The summed E-state index contributed by atoms with van der Waals surface area (Å²) in [5.74, 6) is 0. The summed E-state index contributed by atoms with van der Waals surface area (Å²) in [6.07, 6.45) is 0. The Kier molecular flexibility index (Phi) is 0.965. The number of rotatable bonds is 0. The van der Waals surface area contributed by atoms with Crippen LogP contribution in [0.15, 0.2) is 0 Å². The summed E-state index contributed by atoms with van der Waals surface area (Å²) in [5.41, 5.74) is -1.14. The third-order valence-electron chi connectivity index (χ3n) is 0.628. The molecule has 0 aromatic rings. The number of hydrogen-bond acceptors (Lipinski definition) is 0. The second-order valence-corrected chi connectivity index (χ2v) is 36.6. The van der Waals surface area contributed by atoms with E-state index in [1.165, 1.54) is 0 Å². The van der Waals surface area contributed by atoms with Crippen LogP contribution in [0, 0.1) is 0 Å². The molecule has 5 heavy (non-hydrogen) atoms. The lowest BCUT2D eigenvalue weighted by molar-refractivity contribution is 3.97. The molecule has 5 heteroatoms. The minimum Gasteiger partial charge on any atom is -0.156 e. The fraction of sp³-hybridized carbons (Fsp3) is 0. The van der Waals surface area contributed by atoms with Crippen LogP contribution in [0.25, 0.3) is 0 Å². The SMILES string of the molecule is Cl[Si]1(Cl)[SiH2][SiH2]1. The highest BCUT2D eigenvalue weighted by Crippen LogP contribution is 2.20. The molecule has 1 saturated heterocycles. The molecular formula is H4Cl2Si3. The Morgan fingerprint density at radius 2 is 1.40 bits per heavy atom. The Balaban J connectivity index is 2.38. The lowest BCUT2D eigenvalue weighted by Gasteiger charge is -1.76. The highest BCUT2D eigenvalue weighted by molar-refractivity contribution is 8.11. The molecule has 0 spiro atoms. The Morgan fingerprint density at radius 3 is 1.40 bits per heavy atom. The summed E-state index contributed by atoms with van der Waals surface area (Å²) in [7, 11) is 0.606. The molecule has 0 amide bonds. The summed E-state index contributed by atoms with van der Waals surface area (Å²) in [6, 6.07) is 0. The first-order chi connectivity index (χ1) is 2.21. The van der Waals surface area contributed by atoms with E-state index >= 15 is 0 Å². The minimum atomic E-state index is -1.14. The zero-order valence-electron chi connectivity index (χ0n) is 2.67. The normalized spacial score (nSPS) is 39.6. The molecule has 0 aromatic heterocycles. The predicted molar refractivity (Wildman–Crippen MR) is 34.5 cm³/mol. The summed E-state index contributed by atoms with van der Waals surface area (Å²) < 4.78 is 0. The van der Waals surface area contributed by atoms with Crippen molar-refractivity contribution in [1.29, 1.82) is 0 Å². The fourth-order valence-electron chi connectivity index (χ4n) is 0.0945. The Morgan fingerprint density at radius 1 is 1.20 bits per heavy atom. The van der Waals surface area contributed by atoms with Gasteiger partial charge in [-0.05, 0) is 0 Å². The molecule has 0 aliphatic carbocycles. The smallest absolute Gasteiger partial charge is 0.156 e. The number of halogens is 2. The summed E-state index contributed by atoms with van der Waals surface area (Å²) in [6.45, 7) is 0. The Bertz CT molecular complexity index is 42.9. The van der Waals surface area contributed by atoms with Crippen LogP contribution in [0.2, 0.25) is 0 Å². The van der Waals surface area contributed by atoms with Gasteiger partial charge in [0.1, 0.15) is 0 Å². The van der Waals surface area contributed by atoms with Crippen molar-refractivity contribution in [2.75, 3.05) is 0 Å². The third kappa shape index (κ3) is 1.41. The van der Waals surface area contributed by atoms with E-state index in [4.69, 9.17) is 22.2 Å². The van der Waals surface area contributed by atoms with Crippen LogP contribution in [0.1, 0.15) is 0 Å².